The molecule has 86 valence electrons. The highest BCUT2D eigenvalue weighted by Gasteiger charge is 2.13. The zero-order chi connectivity index (χ0) is 11.5. The van der Waals surface area contributed by atoms with Gasteiger partial charge in [0.15, 0.2) is 0 Å². The lowest BCUT2D eigenvalue weighted by Crippen LogP contribution is -2.28. The molecule has 0 radical (unpaired) electrons. The minimum atomic E-state index is -3.17. The van der Waals surface area contributed by atoms with Crippen LogP contribution in [0.2, 0.25) is 0 Å². The second-order valence-electron chi connectivity index (χ2n) is 4.02. The molecule has 0 saturated heterocycles. The largest absolute Gasteiger partial charge is 0.283 e. The van der Waals surface area contributed by atoms with E-state index in [-0.39, 0.29) is 11.7 Å². The molecule has 0 aliphatic rings. The Morgan fingerprint density at radius 3 is 2.67 bits per heavy atom. The van der Waals surface area contributed by atoms with Crippen LogP contribution in [-0.4, -0.2) is 24.4 Å². The molecular formula is C9H17N3O2S. The van der Waals surface area contributed by atoms with Crippen LogP contribution < -0.4 is 4.72 Å². The highest BCUT2D eigenvalue weighted by Crippen LogP contribution is 2.04. The number of rotatable bonds is 5. The molecule has 1 aromatic rings. The summed E-state index contributed by atoms with van der Waals surface area (Å²) in [6.07, 6.45) is 1.63. The summed E-state index contributed by atoms with van der Waals surface area (Å²) >= 11 is 0. The van der Waals surface area contributed by atoms with E-state index < -0.39 is 10.0 Å². The Kier molecular flexibility index (Phi) is 3.87. The fourth-order valence-electron chi connectivity index (χ4n) is 1.24. The SMILES string of the molecule is Cc1[nH]ncc1CNS(=O)(=O)CC(C)C. The molecular weight excluding hydrogens is 214 g/mol. The van der Waals surface area contributed by atoms with E-state index in [1.165, 1.54) is 0 Å². The van der Waals surface area contributed by atoms with Gasteiger partial charge in [-0.15, -0.1) is 0 Å². The highest BCUT2D eigenvalue weighted by molar-refractivity contribution is 7.89. The quantitative estimate of drug-likeness (QED) is 0.787. The van der Waals surface area contributed by atoms with Crippen LogP contribution in [0.5, 0.6) is 0 Å². The van der Waals surface area contributed by atoms with E-state index in [0.29, 0.717) is 6.54 Å². The van der Waals surface area contributed by atoms with Crippen molar-refractivity contribution in [3.63, 3.8) is 0 Å². The Morgan fingerprint density at radius 1 is 1.53 bits per heavy atom. The molecule has 1 heterocycles. The van der Waals surface area contributed by atoms with Gasteiger partial charge in [0, 0.05) is 17.8 Å². The zero-order valence-corrected chi connectivity index (χ0v) is 10.1. The predicted octanol–water partition coefficient (Wildman–Crippen LogP) is 0.794. The van der Waals surface area contributed by atoms with Gasteiger partial charge in [-0.1, -0.05) is 13.8 Å². The van der Waals surface area contributed by atoms with Crippen molar-refractivity contribution in [3.8, 4) is 0 Å². The second-order valence-corrected chi connectivity index (χ2v) is 5.87. The lowest BCUT2D eigenvalue weighted by Gasteiger charge is -2.07. The van der Waals surface area contributed by atoms with Crippen molar-refractivity contribution in [2.45, 2.75) is 27.3 Å². The molecule has 0 spiro atoms. The number of nitrogens with zero attached hydrogens (tertiary/aromatic N) is 1. The minimum Gasteiger partial charge on any atom is -0.283 e. The minimum absolute atomic E-state index is 0.132. The molecule has 0 aliphatic heterocycles. The average Bonchev–Trinajstić information content (AvgIpc) is 2.45. The Balaban J connectivity index is 2.54. The lowest BCUT2D eigenvalue weighted by atomic mass is 10.3. The number of aromatic nitrogens is 2. The fraction of sp³-hybridized carbons (Fsp3) is 0.667. The number of aryl methyl sites for hydroxylation is 1. The summed E-state index contributed by atoms with van der Waals surface area (Å²) in [6, 6.07) is 0. The third-order valence-corrected chi connectivity index (χ3v) is 3.66. The van der Waals surface area contributed by atoms with Crippen LogP contribution in [0.4, 0.5) is 0 Å². The Hall–Kier alpha value is -0.880. The van der Waals surface area contributed by atoms with Crippen LogP contribution >= 0.6 is 0 Å². The van der Waals surface area contributed by atoms with Gasteiger partial charge in [-0.2, -0.15) is 5.10 Å². The van der Waals surface area contributed by atoms with E-state index in [2.05, 4.69) is 14.9 Å². The van der Waals surface area contributed by atoms with Crippen molar-refractivity contribution >= 4 is 10.0 Å². The van der Waals surface area contributed by atoms with E-state index in [0.717, 1.165) is 11.3 Å². The number of nitrogens with one attached hydrogen (secondary N) is 2. The van der Waals surface area contributed by atoms with E-state index in [4.69, 9.17) is 0 Å². The molecule has 1 aromatic heterocycles. The maximum absolute atomic E-state index is 11.5. The summed E-state index contributed by atoms with van der Waals surface area (Å²) in [7, 11) is -3.17. The van der Waals surface area contributed by atoms with Gasteiger partial charge in [-0.05, 0) is 12.8 Å². The lowest BCUT2D eigenvalue weighted by molar-refractivity contribution is 0.568. The van der Waals surface area contributed by atoms with Crippen molar-refractivity contribution in [1.29, 1.82) is 0 Å². The normalized spacial score (nSPS) is 12.3. The molecule has 0 bridgehead atoms. The monoisotopic (exact) mass is 231 g/mol. The van der Waals surface area contributed by atoms with Crippen LogP contribution in [-0.2, 0) is 16.6 Å². The Labute approximate surface area is 90.3 Å². The first-order valence-corrected chi connectivity index (χ1v) is 6.52. The third kappa shape index (κ3) is 4.01. The Bertz CT molecular complexity index is 409. The zero-order valence-electron chi connectivity index (χ0n) is 9.24. The second kappa shape index (κ2) is 4.76. The maximum Gasteiger partial charge on any atom is 0.212 e. The molecule has 0 saturated carbocycles. The predicted molar refractivity (Wildman–Crippen MR) is 58.8 cm³/mol. The first kappa shape index (κ1) is 12.2. The standard InChI is InChI=1S/C9H17N3O2S/c1-7(2)6-15(13,14)11-5-9-4-10-12-8(9)3/h4,7,11H,5-6H2,1-3H3,(H,10,12). The average molecular weight is 231 g/mol. The molecule has 0 aromatic carbocycles. The number of hydrogen-bond acceptors (Lipinski definition) is 3. The molecule has 0 fully saturated rings. The first-order chi connectivity index (χ1) is 6.91. The van der Waals surface area contributed by atoms with Crippen LogP contribution in [0.3, 0.4) is 0 Å². The summed E-state index contributed by atoms with van der Waals surface area (Å²) in [6.45, 7) is 5.92. The van der Waals surface area contributed by atoms with Gasteiger partial charge < -0.3 is 0 Å². The number of H-pyrrole nitrogens is 1. The van der Waals surface area contributed by atoms with Crippen LogP contribution in [0, 0.1) is 12.8 Å². The number of hydrogen-bond donors (Lipinski definition) is 2. The van der Waals surface area contributed by atoms with Crippen LogP contribution in [0.15, 0.2) is 6.20 Å². The van der Waals surface area contributed by atoms with E-state index in [1.54, 1.807) is 6.20 Å². The van der Waals surface area contributed by atoms with E-state index in [1.807, 2.05) is 20.8 Å². The van der Waals surface area contributed by atoms with Crippen molar-refractivity contribution in [3.05, 3.63) is 17.5 Å². The van der Waals surface area contributed by atoms with Crippen molar-refractivity contribution in [2.24, 2.45) is 5.92 Å². The molecule has 0 amide bonds. The van der Waals surface area contributed by atoms with Gasteiger partial charge in [0.05, 0.1) is 11.9 Å². The molecule has 0 atom stereocenters. The molecule has 0 unspecified atom stereocenters. The van der Waals surface area contributed by atoms with Gasteiger partial charge in [0.1, 0.15) is 0 Å². The number of aromatic amines is 1. The molecule has 0 aliphatic carbocycles. The fourth-order valence-corrected chi connectivity index (χ4v) is 2.61. The van der Waals surface area contributed by atoms with Gasteiger partial charge in [0.2, 0.25) is 10.0 Å². The maximum atomic E-state index is 11.5. The summed E-state index contributed by atoms with van der Waals surface area (Å²) in [5.74, 6) is 0.289. The summed E-state index contributed by atoms with van der Waals surface area (Å²) in [4.78, 5) is 0. The van der Waals surface area contributed by atoms with Gasteiger partial charge in [-0.25, -0.2) is 13.1 Å². The highest BCUT2D eigenvalue weighted by atomic mass is 32.2. The first-order valence-electron chi connectivity index (χ1n) is 4.87. The molecule has 6 heteroatoms. The van der Waals surface area contributed by atoms with Gasteiger partial charge >= 0.3 is 0 Å². The summed E-state index contributed by atoms with van der Waals surface area (Å²) in [5.41, 5.74) is 1.77. The van der Waals surface area contributed by atoms with Crippen LogP contribution in [0.25, 0.3) is 0 Å². The molecule has 5 nitrogen and oxygen atoms in total. The van der Waals surface area contributed by atoms with Gasteiger partial charge in [-0.3, -0.25) is 5.10 Å². The summed E-state index contributed by atoms with van der Waals surface area (Å²) in [5, 5.41) is 6.58. The number of sulfonamides is 1. The van der Waals surface area contributed by atoms with Crippen molar-refractivity contribution in [1.82, 2.24) is 14.9 Å². The molecule has 15 heavy (non-hydrogen) atoms. The van der Waals surface area contributed by atoms with Crippen molar-refractivity contribution < 1.29 is 8.42 Å². The van der Waals surface area contributed by atoms with E-state index in [9.17, 15) is 8.42 Å². The van der Waals surface area contributed by atoms with Gasteiger partial charge in [0.25, 0.3) is 0 Å². The Morgan fingerprint density at radius 2 is 2.20 bits per heavy atom. The third-order valence-electron chi connectivity index (χ3n) is 1.97. The summed E-state index contributed by atoms with van der Waals surface area (Å²) < 4.78 is 25.6. The van der Waals surface area contributed by atoms with E-state index >= 15 is 0 Å². The van der Waals surface area contributed by atoms with Crippen LogP contribution in [0.1, 0.15) is 25.1 Å². The molecule has 1 rings (SSSR count). The topological polar surface area (TPSA) is 74.8 Å². The smallest absolute Gasteiger partial charge is 0.212 e. The van der Waals surface area contributed by atoms with Crippen molar-refractivity contribution in [2.75, 3.05) is 5.75 Å². The molecule has 2 N–H and O–H groups in total.